The molecule has 0 radical (unpaired) electrons. The van der Waals surface area contributed by atoms with Gasteiger partial charge in [-0.3, -0.25) is 4.98 Å². The summed E-state index contributed by atoms with van der Waals surface area (Å²) in [4.78, 5) is 7.21. The molecule has 0 saturated heterocycles. The predicted molar refractivity (Wildman–Crippen MR) is 215 cm³/mol. The number of hydrogen-bond donors (Lipinski definition) is 0. The molecule has 0 amide bonds. The predicted octanol–water partition coefficient (Wildman–Crippen LogP) is 13.7. The van der Waals surface area contributed by atoms with Gasteiger partial charge in [0.25, 0.3) is 0 Å². The molecule has 0 N–H and O–H groups in total. The fourth-order valence-electron chi connectivity index (χ4n) is 7.30. The minimum atomic E-state index is 0.972. The average Bonchev–Trinajstić information content (AvgIpc) is 3.55. The van der Waals surface area contributed by atoms with E-state index in [9.17, 15) is 0 Å². The molecule has 0 aliphatic rings. The van der Waals surface area contributed by atoms with Gasteiger partial charge in [-0.05, 0) is 98.7 Å². The third kappa shape index (κ3) is 4.91. The molecule has 8 aromatic carbocycles. The Morgan fingerprint density at radius 3 is 1.70 bits per heavy atom. The molecular weight excluding hydrogens is 625 g/mol. The van der Waals surface area contributed by atoms with E-state index in [2.05, 4.69) is 181 Å². The van der Waals surface area contributed by atoms with E-state index in [4.69, 9.17) is 4.98 Å². The SMILES string of the molecule is c1ccc2cc(-c3ccc(N(c4ccc(-c5cc6ccccc6cn5)cc4)c4cccc5sc6cc7ccccc7cc6c45)cc3)ccc2c1. The molecule has 0 fully saturated rings. The van der Waals surface area contributed by atoms with E-state index in [0.29, 0.717) is 0 Å². The van der Waals surface area contributed by atoms with Crippen LogP contribution in [0.15, 0.2) is 182 Å². The number of pyridine rings is 1. The average molecular weight is 655 g/mol. The quantitative estimate of drug-likeness (QED) is 0.184. The standard InChI is InChI=1S/C47H30N2S/c1-2-9-34-26-38(17-16-31(34)8-1)32-18-22-40(23-19-32)49(41-24-20-33(21-25-41)43-28-36-11-5-6-13-39(36)30-48-43)44-14-7-15-45-47(44)42-27-35-10-3-4-12-37(35)29-46(42)50-45/h1-30H. The van der Waals surface area contributed by atoms with Crippen LogP contribution in [0.2, 0.25) is 0 Å². The first kappa shape index (κ1) is 28.7. The Balaban J connectivity index is 1.13. The molecule has 50 heavy (non-hydrogen) atoms. The van der Waals surface area contributed by atoms with Crippen molar-refractivity contribution in [2.45, 2.75) is 0 Å². The molecule has 10 aromatic rings. The molecular formula is C47H30N2S. The molecule has 10 rings (SSSR count). The molecule has 0 spiro atoms. The lowest BCUT2D eigenvalue weighted by atomic mass is 10.0. The van der Waals surface area contributed by atoms with E-state index in [1.807, 2.05) is 17.5 Å². The lowest BCUT2D eigenvalue weighted by Gasteiger charge is -2.27. The maximum Gasteiger partial charge on any atom is 0.0708 e. The van der Waals surface area contributed by atoms with Gasteiger partial charge in [-0.15, -0.1) is 11.3 Å². The zero-order valence-corrected chi connectivity index (χ0v) is 27.9. The second-order valence-electron chi connectivity index (χ2n) is 12.9. The first-order chi connectivity index (χ1) is 24.7. The van der Waals surface area contributed by atoms with Crippen molar-refractivity contribution in [1.82, 2.24) is 4.98 Å². The van der Waals surface area contributed by atoms with Crippen LogP contribution in [-0.4, -0.2) is 4.98 Å². The van der Waals surface area contributed by atoms with Crippen molar-refractivity contribution in [3.63, 3.8) is 0 Å². The van der Waals surface area contributed by atoms with Crippen molar-refractivity contribution >= 4 is 80.9 Å². The topological polar surface area (TPSA) is 16.1 Å². The molecule has 0 aliphatic heterocycles. The van der Waals surface area contributed by atoms with Gasteiger partial charge in [0.2, 0.25) is 0 Å². The van der Waals surface area contributed by atoms with Crippen LogP contribution in [0.3, 0.4) is 0 Å². The van der Waals surface area contributed by atoms with Gasteiger partial charge in [-0.25, -0.2) is 0 Å². The van der Waals surface area contributed by atoms with E-state index in [-0.39, 0.29) is 0 Å². The van der Waals surface area contributed by atoms with Crippen molar-refractivity contribution in [2.24, 2.45) is 0 Å². The monoisotopic (exact) mass is 654 g/mol. The van der Waals surface area contributed by atoms with Gasteiger partial charge >= 0.3 is 0 Å². The summed E-state index contributed by atoms with van der Waals surface area (Å²) < 4.78 is 2.58. The lowest BCUT2D eigenvalue weighted by molar-refractivity contribution is 1.29. The highest BCUT2D eigenvalue weighted by atomic mass is 32.1. The van der Waals surface area contributed by atoms with E-state index < -0.39 is 0 Å². The highest BCUT2D eigenvalue weighted by molar-refractivity contribution is 7.26. The van der Waals surface area contributed by atoms with Crippen LogP contribution >= 0.6 is 11.3 Å². The number of nitrogens with zero attached hydrogens (tertiary/aromatic N) is 2. The first-order valence-electron chi connectivity index (χ1n) is 16.9. The minimum Gasteiger partial charge on any atom is -0.310 e. The molecule has 3 heteroatoms. The van der Waals surface area contributed by atoms with Crippen LogP contribution < -0.4 is 4.90 Å². The van der Waals surface area contributed by atoms with Gasteiger partial charge in [0, 0.05) is 48.7 Å². The summed E-state index contributed by atoms with van der Waals surface area (Å²) in [6, 6.07) is 63.8. The largest absolute Gasteiger partial charge is 0.310 e. The van der Waals surface area contributed by atoms with E-state index in [1.165, 1.54) is 63.9 Å². The maximum absolute atomic E-state index is 4.81. The maximum atomic E-state index is 4.81. The Kier molecular flexibility index (Phi) is 6.71. The number of benzene rings is 8. The molecule has 0 saturated carbocycles. The van der Waals surface area contributed by atoms with Crippen LogP contribution in [0.5, 0.6) is 0 Å². The van der Waals surface area contributed by atoms with Gasteiger partial charge < -0.3 is 4.90 Å². The highest BCUT2D eigenvalue weighted by Gasteiger charge is 2.19. The molecule has 0 unspecified atom stereocenters. The van der Waals surface area contributed by atoms with Crippen LogP contribution in [0, 0.1) is 0 Å². The van der Waals surface area contributed by atoms with Crippen LogP contribution in [0.25, 0.3) is 74.9 Å². The number of anilines is 3. The smallest absolute Gasteiger partial charge is 0.0708 e. The summed E-state index contributed by atoms with van der Waals surface area (Å²) >= 11 is 1.86. The molecule has 0 bridgehead atoms. The van der Waals surface area contributed by atoms with Gasteiger partial charge in [-0.1, -0.05) is 115 Å². The molecule has 0 aliphatic carbocycles. The van der Waals surface area contributed by atoms with Crippen molar-refractivity contribution < 1.29 is 0 Å². The summed E-state index contributed by atoms with van der Waals surface area (Å²) in [5.74, 6) is 0. The second-order valence-corrected chi connectivity index (χ2v) is 13.9. The Morgan fingerprint density at radius 1 is 0.400 bits per heavy atom. The van der Waals surface area contributed by atoms with Crippen molar-refractivity contribution in [3.8, 4) is 22.4 Å². The van der Waals surface area contributed by atoms with Gasteiger partial charge in [-0.2, -0.15) is 0 Å². The minimum absolute atomic E-state index is 0.972. The fourth-order valence-corrected chi connectivity index (χ4v) is 8.46. The number of thiophene rings is 1. The van der Waals surface area contributed by atoms with E-state index in [0.717, 1.165) is 28.0 Å². The molecule has 2 nitrogen and oxygen atoms in total. The zero-order chi connectivity index (χ0) is 33.0. The molecule has 2 aromatic heterocycles. The summed E-state index contributed by atoms with van der Waals surface area (Å²) in [5.41, 5.74) is 7.85. The lowest BCUT2D eigenvalue weighted by Crippen LogP contribution is -2.10. The van der Waals surface area contributed by atoms with E-state index >= 15 is 0 Å². The van der Waals surface area contributed by atoms with Crippen LogP contribution in [0.4, 0.5) is 17.1 Å². The highest BCUT2D eigenvalue weighted by Crippen LogP contribution is 2.46. The molecule has 0 atom stereocenters. The first-order valence-corrected chi connectivity index (χ1v) is 17.8. The molecule has 234 valence electrons. The zero-order valence-electron chi connectivity index (χ0n) is 27.1. The number of fused-ring (bicyclic) bond motifs is 6. The third-order valence-corrected chi connectivity index (χ3v) is 11.0. The Morgan fingerprint density at radius 2 is 0.980 bits per heavy atom. The fraction of sp³-hybridized carbons (Fsp3) is 0. The van der Waals surface area contributed by atoms with E-state index in [1.54, 1.807) is 0 Å². The summed E-state index contributed by atoms with van der Waals surface area (Å²) in [7, 11) is 0. The van der Waals surface area contributed by atoms with Crippen molar-refractivity contribution in [2.75, 3.05) is 4.90 Å². The Hall–Kier alpha value is -6.29. The van der Waals surface area contributed by atoms with Gasteiger partial charge in [0.15, 0.2) is 0 Å². The van der Waals surface area contributed by atoms with Crippen LogP contribution in [-0.2, 0) is 0 Å². The Bertz CT molecular complexity index is 2750. The second kappa shape index (κ2) is 11.7. The third-order valence-electron chi connectivity index (χ3n) is 9.84. The van der Waals surface area contributed by atoms with Crippen molar-refractivity contribution in [3.05, 3.63) is 182 Å². The normalized spacial score (nSPS) is 11.6. The summed E-state index contributed by atoms with van der Waals surface area (Å²) in [5, 5.41) is 9.94. The number of rotatable bonds is 5. The number of hydrogen-bond acceptors (Lipinski definition) is 3. The van der Waals surface area contributed by atoms with Gasteiger partial charge in [0.1, 0.15) is 0 Å². The number of aromatic nitrogens is 1. The summed E-state index contributed by atoms with van der Waals surface area (Å²) in [6.45, 7) is 0. The molecule has 2 heterocycles. The van der Waals surface area contributed by atoms with Crippen molar-refractivity contribution in [1.29, 1.82) is 0 Å². The van der Waals surface area contributed by atoms with Crippen LogP contribution in [0.1, 0.15) is 0 Å². The van der Waals surface area contributed by atoms with Gasteiger partial charge in [0.05, 0.1) is 11.4 Å². The summed E-state index contributed by atoms with van der Waals surface area (Å²) in [6.07, 6.45) is 1.97. The Labute approximate surface area is 294 Å².